The summed E-state index contributed by atoms with van der Waals surface area (Å²) in [5.74, 6) is -0.106. The molecule has 0 spiro atoms. The van der Waals surface area contributed by atoms with Gasteiger partial charge in [0.2, 0.25) is 0 Å². The van der Waals surface area contributed by atoms with Gasteiger partial charge in [0.25, 0.3) is 0 Å². The first-order chi connectivity index (χ1) is 12.3. The number of nitrogens with zero attached hydrogens (tertiary/aromatic N) is 3. The molecule has 0 bridgehead atoms. The van der Waals surface area contributed by atoms with Crippen LogP contribution in [0.5, 0.6) is 11.5 Å². The Bertz CT molecular complexity index is 642. The molecule has 8 heteroatoms. The minimum Gasteiger partial charge on any atom is -0.493 e. The second-order valence-corrected chi connectivity index (χ2v) is 6.52. The number of urea groups is 1. The van der Waals surface area contributed by atoms with Gasteiger partial charge in [0.05, 0.1) is 7.11 Å². The number of benzene rings is 1. The Kier molecular flexibility index (Phi) is 6.68. The summed E-state index contributed by atoms with van der Waals surface area (Å²) in [5.41, 5.74) is 1.05. The van der Waals surface area contributed by atoms with Crippen LogP contribution in [0.2, 0.25) is 0 Å². The number of hydrogen-bond acceptors (Lipinski definition) is 5. The lowest BCUT2D eigenvalue weighted by Gasteiger charge is -2.36. The highest BCUT2D eigenvalue weighted by atomic mass is 16.5. The maximum atomic E-state index is 12.0. The highest BCUT2D eigenvalue weighted by molar-refractivity contribution is 5.74. The van der Waals surface area contributed by atoms with Crippen molar-refractivity contribution >= 4 is 12.0 Å². The Morgan fingerprint density at radius 2 is 1.85 bits per heavy atom. The zero-order valence-electron chi connectivity index (χ0n) is 15.8. The molecule has 2 rings (SSSR count). The van der Waals surface area contributed by atoms with E-state index in [1.54, 1.807) is 25.1 Å². The average molecular weight is 365 g/mol. The van der Waals surface area contributed by atoms with E-state index >= 15 is 0 Å². The highest BCUT2D eigenvalue weighted by Crippen LogP contribution is 2.29. The van der Waals surface area contributed by atoms with E-state index in [1.165, 1.54) is 14.0 Å². The third-order valence-corrected chi connectivity index (χ3v) is 4.31. The molecule has 0 radical (unpaired) electrons. The first-order valence-electron chi connectivity index (χ1n) is 8.56. The molecule has 0 saturated carbocycles. The fourth-order valence-electron chi connectivity index (χ4n) is 2.79. The smallest absolute Gasteiger partial charge is 0.344 e. The van der Waals surface area contributed by atoms with Crippen molar-refractivity contribution in [2.45, 2.75) is 19.6 Å². The molecule has 1 aliphatic rings. The van der Waals surface area contributed by atoms with Crippen molar-refractivity contribution in [3.8, 4) is 11.5 Å². The zero-order valence-corrected chi connectivity index (χ0v) is 15.8. The molecule has 1 aliphatic heterocycles. The van der Waals surface area contributed by atoms with E-state index < -0.39 is 12.1 Å². The maximum Gasteiger partial charge on any atom is 0.344 e. The van der Waals surface area contributed by atoms with E-state index in [1.807, 2.05) is 17.0 Å². The number of carboxylic acid groups (broad SMARTS) is 1. The van der Waals surface area contributed by atoms with Gasteiger partial charge in [-0.1, -0.05) is 6.07 Å². The molecule has 8 nitrogen and oxygen atoms in total. The molecule has 144 valence electrons. The average Bonchev–Trinajstić information content (AvgIpc) is 2.62. The number of carbonyl (C=O) groups excluding carboxylic acids is 1. The third-order valence-electron chi connectivity index (χ3n) is 4.31. The van der Waals surface area contributed by atoms with Crippen molar-refractivity contribution in [1.82, 2.24) is 14.7 Å². The minimum atomic E-state index is -1.03. The van der Waals surface area contributed by atoms with Crippen LogP contribution in [0.1, 0.15) is 12.5 Å². The molecule has 2 amide bonds. The molecule has 1 atom stereocenters. The predicted molar refractivity (Wildman–Crippen MR) is 96.7 cm³/mol. The molecular weight excluding hydrogens is 338 g/mol. The van der Waals surface area contributed by atoms with Gasteiger partial charge in [-0.05, 0) is 24.6 Å². The van der Waals surface area contributed by atoms with Crippen LogP contribution in [0.25, 0.3) is 0 Å². The second-order valence-electron chi connectivity index (χ2n) is 6.52. The van der Waals surface area contributed by atoms with Gasteiger partial charge >= 0.3 is 12.0 Å². The van der Waals surface area contributed by atoms with Gasteiger partial charge in [-0.15, -0.1) is 0 Å². The van der Waals surface area contributed by atoms with Gasteiger partial charge in [0.1, 0.15) is 0 Å². The fourth-order valence-corrected chi connectivity index (χ4v) is 2.79. The Labute approximate surface area is 153 Å². The highest BCUT2D eigenvalue weighted by Gasteiger charge is 2.22. The summed E-state index contributed by atoms with van der Waals surface area (Å²) in [7, 11) is 5.05. The molecule has 0 unspecified atom stereocenters. The van der Waals surface area contributed by atoms with Crippen LogP contribution in [-0.4, -0.2) is 85.3 Å². The number of methoxy groups -OCH3 is 1. The number of rotatable bonds is 6. The van der Waals surface area contributed by atoms with Gasteiger partial charge in [-0.2, -0.15) is 0 Å². The summed E-state index contributed by atoms with van der Waals surface area (Å²) in [6.45, 7) is 5.21. The van der Waals surface area contributed by atoms with E-state index in [9.17, 15) is 9.59 Å². The summed E-state index contributed by atoms with van der Waals surface area (Å²) < 4.78 is 10.8. The number of aliphatic carboxylic acids is 1. The van der Waals surface area contributed by atoms with Gasteiger partial charge in [-0.3, -0.25) is 4.90 Å². The van der Waals surface area contributed by atoms with Crippen molar-refractivity contribution in [2.24, 2.45) is 0 Å². The molecule has 1 saturated heterocycles. The normalized spacial score (nSPS) is 16.1. The van der Waals surface area contributed by atoms with E-state index in [0.29, 0.717) is 24.6 Å². The number of carbonyl (C=O) groups is 2. The predicted octanol–water partition coefficient (Wildman–Crippen LogP) is 1.35. The van der Waals surface area contributed by atoms with Crippen LogP contribution in [0.4, 0.5) is 4.79 Å². The van der Waals surface area contributed by atoms with Gasteiger partial charge in [-0.25, -0.2) is 9.59 Å². The Morgan fingerprint density at radius 3 is 2.38 bits per heavy atom. The molecule has 1 fully saturated rings. The lowest BCUT2D eigenvalue weighted by molar-refractivity contribution is -0.144. The maximum absolute atomic E-state index is 12.0. The number of hydrogen-bond donors (Lipinski definition) is 1. The standard InChI is InChI=1S/C18H27N3O5/c1-13(17(22)23)26-15-6-5-14(11-16(15)25-4)12-20-7-9-21(10-8-20)18(24)19(2)3/h5-6,11,13H,7-10,12H2,1-4H3,(H,22,23)/t13-/m1/s1. The van der Waals surface area contributed by atoms with Crippen LogP contribution < -0.4 is 9.47 Å². The molecule has 1 aromatic carbocycles. The zero-order chi connectivity index (χ0) is 19.3. The largest absolute Gasteiger partial charge is 0.493 e. The molecule has 1 aromatic rings. The lowest BCUT2D eigenvalue weighted by Crippen LogP contribution is -2.51. The Balaban J connectivity index is 1.96. The summed E-state index contributed by atoms with van der Waals surface area (Å²) in [6, 6.07) is 5.55. The number of ether oxygens (including phenoxy) is 2. The quantitative estimate of drug-likeness (QED) is 0.819. The van der Waals surface area contributed by atoms with Gasteiger partial charge in [0, 0.05) is 46.8 Å². The van der Waals surface area contributed by atoms with E-state index in [4.69, 9.17) is 14.6 Å². The SMILES string of the molecule is COc1cc(CN2CCN(C(=O)N(C)C)CC2)ccc1O[C@H](C)C(=O)O. The Morgan fingerprint density at radius 1 is 1.19 bits per heavy atom. The minimum absolute atomic E-state index is 0.0420. The Hall–Kier alpha value is -2.48. The first-order valence-corrected chi connectivity index (χ1v) is 8.56. The van der Waals surface area contributed by atoms with Crippen LogP contribution in [0.15, 0.2) is 18.2 Å². The van der Waals surface area contributed by atoms with Crippen LogP contribution >= 0.6 is 0 Å². The van der Waals surface area contributed by atoms with Crippen LogP contribution in [0.3, 0.4) is 0 Å². The summed E-state index contributed by atoms with van der Waals surface area (Å²) in [4.78, 5) is 28.6. The third kappa shape index (κ3) is 5.01. The molecule has 1 heterocycles. The monoisotopic (exact) mass is 365 g/mol. The number of carboxylic acids is 1. The summed E-state index contributed by atoms with van der Waals surface area (Å²) in [5, 5.41) is 8.97. The number of amides is 2. The van der Waals surface area contributed by atoms with Crippen LogP contribution in [0, 0.1) is 0 Å². The topological polar surface area (TPSA) is 82.5 Å². The molecule has 0 aliphatic carbocycles. The molecule has 0 aromatic heterocycles. The molecule has 1 N–H and O–H groups in total. The molecular formula is C18H27N3O5. The van der Waals surface area contributed by atoms with Gasteiger partial charge < -0.3 is 24.4 Å². The summed E-state index contributed by atoms with van der Waals surface area (Å²) in [6.07, 6.45) is -0.947. The second kappa shape index (κ2) is 8.75. The van der Waals surface area contributed by atoms with E-state index in [0.717, 1.165) is 25.2 Å². The first kappa shape index (κ1) is 19.8. The fraction of sp³-hybridized carbons (Fsp3) is 0.556. The van der Waals surface area contributed by atoms with Gasteiger partial charge in [0.15, 0.2) is 17.6 Å². The summed E-state index contributed by atoms with van der Waals surface area (Å²) >= 11 is 0. The van der Waals surface area contributed by atoms with Crippen molar-refractivity contribution in [1.29, 1.82) is 0 Å². The van der Waals surface area contributed by atoms with E-state index in [2.05, 4.69) is 4.90 Å². The van der Waals surface area contributed by atoms with Crippen molar-refractivity contribution in [2.75, 3.05) is 47.4 Å². The van der Waals surface area contributed by atoms with Crippen LogP contribution in [-0.2, 0) is 11.3 Å². The van der Waals surface area contributed by atoms with Crippen molar-refractivity contribution in [3.05, 3.63) is 23.8 Å². The number of piperazine rings is 1. The van der Waals surface area contributed by atoms with E-state index in [-0.39, 0.29) is 6.03 Å². The van der Waals surface area contributed by atoms with Crippen molar-refractivity contribution in [3.63, 3.8) is 0 Å². The lowest BCUT2D eigenvalue weighted by atomic mass is 10.1. The van der Waals surface area contributed by atoms with Crippen molar-refractivity contribution < 1.29 is 24.2 Å². The molecule has 26 heavy (non-hydrogen) atoms.